The number of hydrogen-bond acceptors (Lipinski definition) is 4. The molecule has 0 N–H and O–H groups in total. The Balaban J connectivity index is 2.61. The summed E-state index contributed by atoms with van der Waals surface area (Å²) in [5, 5.41) is 11.0. The van der Waals surface area contributed by atoms with E-state index in [1.54, 1.807) is 0 Å². The summed E-state index contributed by atoms with van der Waals surface area (Å²) < 4.78 is 24.8. The largest absolute Gasteiger partial charge is 0.289 e. The van der Waals surface area contributed by atoms with E-state index in [1.165, 1.54) is 24.3 Å². The monoisotopic (exact) mass is 365 g/mol. The first-order valence-electron chi connectivity index (χ1n) is 5.37. The van der Waals surface area contributed by atoms with Crippen molar-refractivity contribution >= 4 is 50.3 Å². The lowest BCUT2D eigenvalue weighted by molar-refractivity contribution is -0.384. The van der Waals surface area contributed by atoms with Crippen LogP contribution in [0.25, 0.3) is 0 Å². The van der Waals surface area contributed by atoms with Crippen LogP contribution in [0.1, 0.15) is 0 Å². The lowest BCUT2D eigenvalue weighted by atomic mass is 10.3. The van der Waals surface area contributed by atoms with Crippen LogP contribution < -0.4 is 0 Å². The van der Waals surface area contributed by atoms with Crippen molar-refractivity contribution in [3.63, 3.8) is 0 Å². The quantitative estimate of drug-likeness (QED) is 0.596. The van der Waals surface area contributed by atoms with Gasteiger partial charge in [0.2, 0.25) is 9.84 Å². The van der Waals surface area contributed by atoms with E-state index in [0.29, 0.717) is 0 Å². The molecule has 0 saturated carbocycles. The van der Waals surface area contributed by atoms with E-state index in [-0.39, 0.29) is 24.9 Å². The van der Waals surface area contributed by atoms with E-state index >= 15 is 0 Å². The molecule has 9 heteroatoms. The third-order valence-electron chi connectivity index (χ3n) is 2.63. The summed E-state index contributed by atoms with van der Waals surface area (Å²) in [6.07, 6.45) is 0. The highest BCUT2D eigenvalue weighted by atomic mass is 35.5. The van der Waals surface area contributed by atoms with E-state index in [1.807, 2.05) is 0 Å². The van der Waals surface area contributed by atoms with Crippen molar-refractivity contribution in [1.82, 2.24) is 0 Å². The number of rotatable bonds is 3. The molecule has 110 valence electrons. The predicted octanol–water partition coefficient (Wildman–Crippen LogP) is 4.39. The Kier molecular flexibility index (Phi) is 4.43. The molecule has 5 nitrogen and oxygen atoms in total. The van der Waals surface area contributed by atoms with Crippen molar-refractivity contribution in [3.05, 3.63) is 61.6 Å². The van der Waals surface area contributed by atoms with Crippen LogP contribution in [-0.2, 0) is 9.84 Å². The number of nitrogens with zero attached hydrogens (tertiary/aromatic N) is 1. The fourth-order valence-corrected chi connectivity index (χ4v) is 3.44. The van der Waals surface area contributed by atoms with Gasteiger partial charge in [0.25, 0.3) is 5.69 Å². The fourth-order valence-electron chi connectivity index (χ4n) is 1.58. The lowest BCUT2D eigenvalue weighted by Gasteiger charge is -2.06. The van der Waals surface area contributed by atoms with Crippen LogP contribution in [0.3, 0.4) is 0 Å². The molecule has 0 unspecified atom stereocenters. The summed E-state index contributed by atoms with van der Waals surface area (Å²) in [6, 6.07) is 7.03. The Hall–Kier alpha value is -1.34. The minimum atomic E-state index is -3.96. The molecule has 0 radical (unpaired) electrons. The minimum absolute atomic E-state index is 0.0706. The van der Waals surface area contributed by atoms with Crippen molar-refractivity contribution in [2.45, 2.75) is 9.79 Å². The first kappa shape index (κ1) is 16.0. The molecule has 0 fully saturated rings. The molecule has 21 heavy (non-hydrogen) atoms. The highest BCUT2D eigenvalue weighted by Gasteiger charge is 2.23. The number of halogens is 3. The molecule has 0 saturated heterocycles. The minimum Gasteiger partial charge on any atom is -0.258 e. The third-order valence-corrected chi connectivity index (χ3v) is 5.43. The van der Waals surface area contributed by atoms with Crippen LogP contribution >= 0.6 is 34.8 Å². The standard InChI is InChI=1S/C12H6Cl3NO4S/c13-9-3-1-7(5-11(9)15)21(19,20)8-2-4-10(14)12(6-8)16(17)18/h1-6H. The van der Waals surface area contributed by atoms with Crippen molar-refractivity contribution in [3.8, 4) is 0 Å². The van der Waals surface area contributed by atoms with Crippen LogP contribution in [0.2, 0.25) is 15.1 Å². The highest BCUT2D eigenvalue weighted by molar-refractivity contribution is 7.91. The third kappa shape index (κ3) is 3.13. The first-order chi connectivity index (χ1) is 9.73. The van der Waals surface area contributed by atoms with Crippen LogP contribution in [0.15, 0.2) is 46.2 Å². The smallest absolute Gasteiger partial charge is 0.258 e. The molecule has 0 aliphatic rings. The zero-order valence-electron chi connectivity index (χ0n) is 10.1. The molecule has 0 spiro atoms. The van der Waals surface area contributed by atoms with E-state index in [4.69, 9.17) is 34.8 Å². The van der Waals surface area contributed by atoms with Crippen LogP contribution in [-0.4, -0.2) is 13.3 Å². The SMILES string of the molecule is O=[N+]([O-])c1cc(S(=O)(=O)c2ccc(Cl)c(Cl)c2)ccc1Cl. The van der Waals surface area contributed by atoms with Gasteiger partial charge >= 0.3 is 0 Å². The molecule has 0 bridgehead atoms. The van der Waals surface area contributed by atoms with E-state index in [9.17, 15) is 18.5 Å². The summed E-state index contributed by atoms with van der Waals surface area (Å²) >= 11 is 17.2. The van der Waals surface area contributed by atoms with E-state index in [2.05, 4.69) is 0 Å². The molecular weight excluding hydrogens is 361 g/mol. The molecule has 2 aromatic carbocycles. The number of hydrogen-bond donors (Lipinski definition) is 0. The Labute approximate surface area is 135 Å². The van der Waals surface area contributed by atoms with Gasteiger partial charge in [-0.1, -0.05) is 34.8 Å². The van der Waals surface area contributed by atoms with Gasteiger partial charge in [-0.3, -0.25) is 10.1 Å². The molecule has 0 aliphatic heterocycles. The summed E-state index contributed by atoms with van der Waals surface area (Å²) in [6.45, 7) is 0. The Morgan fingerprint density at radius 2 is 1.38 bits per heavy atom. The maximum atomic E-state index is 12.4. The normalized spacial score (nSPS) is 11.4. The average molecular weight is 367 g/mol. The zero-order valence-corrected chi connectivity index (χ0v) is 13.2. The van der Waals surface area contributed by atoms with Crippen molar-refractivity contribution in [1.29, 1.82) is 0 Å². The summed E-state index contributed by atoms with van der Waals surface area (Å²) in [4.78, 5) is 9.70. The second kappa shape index (κ2) is 5.81. The molecule has 2 aromatic rings. The van der Waals surface area contributed by atoms with Gasteiger partial charge < -0.3 is 0 Å². The summed E-state index contributed by atoms with van der Waals surface area (Å²) in [5.74, 6) is 0. The lowest BCUT2D eigenvalue weighted by Crippen LogP contribution is -2.03. The predicted molar refractivity (Wildman–Crippen MR) is 80.0 cm³/mol. The van der Waals surface area contributed by atoms with E-state index in [0.717, 1.165) is 12.1 Å². The molecule has 0 amide bonds. The zero-order chi connectivity index (χ0) is 15.8. The summed E-state index contributed by atoms with van der Waals surface area (Å²) in [5.41, 5.74) is -0.488. The maximum absolute atomic E-state index is 12.4. The first-order valence-corrected chi connectivity index (χ1v) is 7.99. The topological polar surface area (TPSA) is 77.3 Å². The van der Waals surface area contributed by atoms with Crippen molar-refractivity contribution < 1.29 is 13.3 Å². The van der Waals surface area contributed by atoms with Crippen molar-refractivity contribution in [2.24, 2.45) is 0 Å². The van der Waals surface area contributed by atoms with E-state index < -0.39 is 20.4 Å². The number of sulfone groups is 1. The Morgan fingerprint density at radius 1 is 0.857 bits per heavy atom. The molecule has 0 aromatic heterocycles. The van der Waals surface area contributed by atoms with Gasteiger partial charge in [0.05, 0.1) is 24.8 Å². The number of nitro groups is 1. The average Bonchev–Trinajstić information content (AvgIpc) is 2.41. The van der Waals surface area contributed by atoms with Gasteiger partial charge in [-0.25, -0.2) is 8.42 Å². The molecular formula is C12H6Cl3NO4S. The molecule has 0 heterocycles. The van der Waals surface area contributed by atoms with Gasteiger partial charge in [0.1, 0.15) is 5.02 Å². The van der Waals surface area contributed by atoms with Gasteiger partial charge in [0, 0.05) is 6.07 Å². The van der Waals surface area contributed by atoms with Gasteiger partial charge in [0.15, 0.2) is 0 Å². The molecule has 0 atom stereocenters. The summed E-state index contributed by atoms with van der Waals surface area (Å²) in [7, 11) is -3.96. The number of nitro benzene ring substituents is 1. The fraction of sp³-hybridized carbons (Fsp3) is 0. The second-order valence-corrected chi connectivity index (χ2v) is 7.12. The number of benzene rings is 2. The maximum Gasteiger partial charge on any atom is 0.289 e. The van der Waals surface area contributed by atoms with Gasteiger partial charge in [-0.15, -0.1) is 0 Å². The highest BCUT2D eigenvalue weighted by Crippen LogP contribution is 2.32. The van der Waals surface area contributed by atoms with Crippen molar-refractivity contribution in [2.75, 3.05) is 0 Å². The Bertz CT molecular complexity index is 836. The molecule has 0 aliphatic carbocycles. The van der Waals surface area contributed by atoms with Crippen LogP contribution in [0.4, 0.5) is 5.69 Å². The van der Waals surface area contributed by atoms with Crippen LogP contribution in [0, 0.1) is 10.1 Å². The molecule has 2 rings (SSSR count). The van der Waals surface area contributed by atoms with Gasteiger partial charge in [-0.05, 0) is 30.3 Å². The van der Waals surface area contributed by atoms with Crippen LogP contribution in [0.5, 0.6) is 0 Å². The Morgan fingerprint density at radius 3 is 1.90 bits per heavy atom. The second-order valence-electron chi connectivity index (χ2n) is 3.95. The van der Waals surface area contributed by atoms with Gasteiger partial charge in [-0.2, -0.15) is 0 Å².